The smallest absolute Gasteiger partial charge is 0.101 e. The predicted octanol–water partition coefficient (Wildman–Crippen LogP) is 2.87. The second-order valence-electron chi connectivity index (χ2n) is 9.09. The molecule has 0 spiro atoms. The van der Waals surface area contributed by atoms with E-state index in [-0.39, 0.29) is 12.2 Å². The third-order valence-corrected chi connectivity index (χ3v) is 6.84. The van der Waals surface area contributed by atoms with Gasteiger partial charge in [0.15, 0.2) is 0 Å². The van der Waals surface area contributed by atoms with Gasteiger partial charge in [-0.1, -0.05) is 6.42 Å². The summed E-state index contributed by atoms with van der Waals surface area (Å²) in [6, 6.07) is 11.0. The van der Waals surface area contributed by atoms with E-state index in [1.165, 1.54) is 45.4 Å². The summed E-state index contributed by atoms with van der Waals surface area (Å²) in [7, 11) is 0. The summed E-state index contributed by atoms with van der Waals surface area (Å²) in [6.45, 7) is 9.82. The van der Waals surface area contributed by atoms with Crippen LogP contribution in [-0.2, 0) is 4.74 Å². The Balaban J connectivity index is 1.26. The van der Waals surface area contributed by atoms with Gasteiger partial charge >= 0.3 is 0 Å². The van der Waals surface area contributed by atoms with Crippen LogP contribution in [0.15, 0.2) is 30.5 Å². The molecule has 0 aliphatic carbocycles. The fraction of sp³-hybridized carbons (Fsp3) is 0.583. The molecule has 3 fully saturated rings. The van der Waals surface area contributed by atoms with Crippen molar-refractivity contribution in [3.8, 4) is 6.07 Å². The van der Waals surface area contributed by atoms with Gasteiger partial charge in [-0.25, -0.2) is 0 Å². The molecule has 1 aromatic heterocycles. The van der Waals surface area contributed by atoms with Crippen LogP contribution in [0.25, 0.3) is 10.9 Å². The van der Waals surface area contributed by atoms with Crippen molar-refractivity contribution >= 4 is 16.6 Å². The molecular formula is C24H31N5O. The molecular weight excluding hydrogens is 374 g/mol. The minimum absolute atomic E-state index is 0.185. The highest BCUT2D eigenvalue weighted by Gasteiger charge is 2.35. The minimum atomic E-state index is 0.185. The van der Waals surface area contributed by atoms with E-state index >= 15 is 0 Å². The van der Waals surface area contributed by atoms with Gasteiger partial charge in [-0.05, 0) is 57.1 Å². The Morgan fingerprint density at radius 1 is 1.10 bits per heavy atom. The van der Waals surface area contributed by atoms with Crippen LogP contribution in [0.2, 0.25) is 0 Å². The van der Waals surface area contributed by atoms with Gasteiger partial charge in [0.05, 0.1) is 23.3 Å². The largest absolute Gasteiger partial charge is 0.370 e. The molecule has 0 radical (unpaired) electrons. The number of hydrogen-bond acceptors (Lipinski definition) is 6. The van der Waals surface area contributed by atoms with Crippen molar-refractivity contribution in [1.29, 1.82) is 5.26 Å². The molecule has 0 N–H and O–H groups in total. The number of pyridine rings is 1. The molecule has 158 valence electrons. The molecule has 1 aromatic carbocycles. The maximum atomic E-state index is 9.44. The van der Waals surface area contributed by atoms with Gasteiger partial charge in [0.25, 0.3) is 0 Å². The van der Waals surface area contributed by atoms with Gasteiger partial charge in [0, 0.05) is 56.0 Å². The zero-order valence-corrected chi connectivity index (χ0v) is 17.8. The minimum Gasteiger partial charge on any atom is -0.370 e. The monoisotopic (exact) mass is 405 g/mol. The Morgan fingerprint density at radius 2 is 1.93 bits per heavy atom. The maximum absolute atomic E-state index is 9.44. The molecule has 30 heavy (non-hydrogen) atoms. The summed E-state index contributed by atoms with van der Waals surface area (Å²) in [5, 5.41) is 10.5. The third-order valence-electron chi connectivity index (χ3n) is 6.84. The molecule has 6 nitrogen and oxygen atoms in total. The highest BCUT2D eigenvalue weighted by molar-refractivity contribution is 5.95. The number of nitriles is 1. The van der Waals surface area contributed by atoms with Crippen molar-refractivity contribution in [2.24, 2.45) is 0 Å². The van der Waals surface area contributed by atoms with Gasteiger partial charge in [-0.15, -0.1) is 0 Å². The highest BCUT2D eigenvalue weighted by Crippen LogP contribution is 2.31. The van der Waals surface area contributed by atoms with Gasteiger partial charge in [-0.2, -0.15) is 5.26 Å². The van der Waals surface area contributed by atoms with E-state index < -0.39 is 0 Å². The fourth-order valence-electron chi connectivity index (χ4n) is 5.36. The van der Waals surface area contributed by atoms with E-state index in [0.717, 1.165) is 42.3 Å². The van der Waals surface area contributed by atoms with Crippen molar-refractivity contribution < 1.29 is 4.74 Å². The molecule has 0 amide bonds. The van der Waals surface area contributed by atoms with Crippen LogP contribution in [-0.4, -0.2) is 78.8 Å². The second kappa shape index (κ2) is 8.50. The Hall–Kier alpha value is -2.20. The lowest BCUT2D eigenvalue weighted by atomic mass is 10.0. The number of aromatic nitrogens is 1. The molecule has 3 aliphatic rings. The lowest BCUT2D eigenvalue weighted by Gasteiger charge is -2.49. The average molecular weight is 406 g/mol. The first-order valence-corrected chi connectivity index (χ1v) is 11.4. The van der Waals surface area contributed by atoms with Gasteiger partial charge in [0.1, 0.15) is 6.07 Å². The lowest BCUT2D eigenvalue weighted by Crippen LogP contribution is -2.63. The van der Waals surface area contributed by atoms with Crippen LogP contribution in [0.3, 0.4) is 0 Å². The number of fused-ring (bicyclic) bond motifs is 1. The van der Waals surface area contributed by atoms with Crippen LogP contribution in [0.4, 0.5) is 5.69 Å². The zero-order valence-electron chi connectivity index (χ0n) is 17.8. The standard InChI is InChI=1S/C24H31N5O/c1-18-13-29(23-8-7-19(12-25)24-22(23)6-5-9-26-24)17-21(30-18)16-27-14-20(15-27)28-10-3-2-4-11-28/h5-9,18,20-21H,2-4,10-11,13-17H2,1H3/t18-,21-/m1/s1. The van der Waals surface area contributed by atoms with Crippen molar-refractivity contribution in [1.82, 2.24) is 14.8 Å². The van der Waals surface area contributed by atoms with Gasteiger partial charge in [0.2, 0.25) is 0 Å². The van der Waals surface area contributed by atoms with E-state index in [4.69, 9.17) is 4.74 Å². The molecule has 3 aliphatic heterocycles. The Morgan fingerprint density at radius 3 is 2.73 bits per heavy atom. The van der Waals surface area contributed by atoms with E-state index in [1.54, 1.807) is 6.20 Å². The summed E-state index contributed by atoms with van der Waals surface area (Å²) >= 11 is 0. The fourth-order valence-corrected chi connectivity index (χ4v) is 5.36. The molecule has 5 rings (SSSR count). The first-order valence-electron chi connectivity index (χ1n) is 11.4. The summed E-state index contributed by atoms with van der Waals surface area (Å²) in [5.74, 6) is 0. The quantitative estimate of drug-likeness (QED) is 0.780. The number of hydrogen-bond donors (Lipinski definition) is 0. The zero-order chi connectivity index (χ0) is 20.5. The van der Waals surface area contributed by atoms with Crippen LogP contribution < -0.4 is 4.90 Å². The second-order valence-corrected chi connectivity index (χ2v) is 9.09. The Labute approximate surface area is 179 Å². The summed E-state index contributed by atoms with van der Waals surface area (Å²) in [5.41, 5.74) is 2.59. The topological polar surface area (TPSA) is 55.6 Å². The first kappa shape index (κ1) is 19.7. The summed E-state index contributed by atoms with van der Waals surface area (Å²) < 4.78 is 6.32. The van der Waals surface area contributed by atoms with Gasteiger partial charge in [-0.3, -0.25) is 14.8 Å². The molecule has 6 heteroatoms. The molecule has 0 unspecified atom stereocenters. The normalized spacial score (nSPS) is 26.5. The number of rotatable bonds is 4. The van der Waals surface area contributed by atoms with E-state index in [1.807, 2.05) is 12.1 Å². The van der Waals surface area contributed by atoms with Crippen LogP contribution in [0, 0.1) is 11.3 Å². The van der Waals surface area contributed by atoms with Crippen molar-refractivity contribution in [3.05, 3.63) is 36.0 Å². The molecule has 4 heterocycles. The number of morpholine rings is 1. The molecule has 0 bridgehead atoms. The number of ether oxygens (including phenoxy) is 1. The highest BCUT2D eigenvalue weighted by atomic mass is 16.5. The van der Waals surface area contributed by atoms with Crippen molar-refractivity contribution in [2.45, 2.75) is 44.4 Å². The Kier molecular flexibility index (Phi) is 5.60. The van der Waals surface area contributed by atoms with E-state index in [0.29, 0.717) is 5.56 Å². The van der Waals surface area contributed by atoms with Crippen LogP contribution >= 0.6 is 0 Å². The lowest BCUT2D eigenvalue weighted by molar-refractivity contribution is -0.0588. The maximum Gasteiger partial charge on any atom is 0.101 e. The molecule has 0 saturated carbocycles. The van der Waals surface area contributed by atoms with E-state index in [9.17, 15) is 5.26 Å². The van der Waals surface area contributed by atoms with Crippen LogP contribution in [0.5, 0.6) is 0 Å². The number of nitrogens with zero attached hydrogens (tertiary/aromatic N) is 5. The number of piperidine rings is 1. The number of benzene rings is 1. The predicted molar refractivity (Wildman–Crippen MR) is 119 cm³/mol. The van der Waals surface area contributed by atoms with E-state index in [2.05, 4.69) is 44.8 Å². The summed E-state index contributed by atoms with van der Waals surface area (Å²) in [6.07, 6.45) is 6.28. The first-order chi connectivity index (χ1) is 14.7. The Bertz CT molecular complexity index is 929. The number of likely N-dealkylation sites (tertiary alicyclic amines) is 2. The molecule has 3 saturated heterocycles. The molecule has 2 aromatic rings. The summed E-state index contributed by atoms with van der Waals surface area (Å²) in [4.78, 5) is 12.1. The van der Waals surface area contributed by atoms with Crippen molar-refractivity contribution in [2.75, 3.05) is 50.7 Å². The van der Waals surface area contributed by atoms with Crippen LogP contribution in [0.1, 0.15) is 31.7 Å². The number of anilines is 1. The average Bonchev–Trinajstić information content (AvgIpc) is 2.75. The SMILES string of the molecule is C[C@@H]1CN(c2ccc(C#N)c3ncccc23)C[C@@H](CN2CC(N3CCCCC3)C2)O1. The third kappa shape index (κ3) is 3.90. The van der Waals surface area contributed by atoms with Gasteiger partial charge < -0.3 is 9.64 Å². The van der Waals surface area contributed by atoms with Crippen molar-refractivity contribution in [3.63, 3.8) is 0 Å². The molecule has 2 atom stereocenters.